The molecule has 1 aromatic rings. The largest absolute Gasteiger partial charge is 0.465 e. The van der Waals surface area contributed by atoms with Crippen LogP contribution in [0.1, 0.15) is 0 Å². The fourth-order valence-electron chi connectivity index (χ4n) is 0.716. The molecule has 0 aliphatic carbocycles. The number of aliphatic hydroxyl groups is 1. The number of amides is 1. The standard InChI is InChI=1S/C7H9N3O4/c11-1-2-14-6-8-3-5(4-9-6)10-7(12)13/h3-4,10-11H,1-2H2,(H,12,13). The lowest BCUT2D eigenvalue weighted by Gasteiger charge is -2.02. The molecule has 0 unspecified atom stereocenters. The van der Waals surface area contributed by atoms with Gasteiger partial charge in [-0.3, -0.25) is 5.32 Å². The molecule has 0 saturated heterocycles. The van der Waals surface area contributed by atoms with Gasteiger partial charge in [-0.25, -0.2) is 14.8 Å². The van der Waals surface area contributed by atoms with Gasteiger partial charge in [0.25, 0.3) is 0 Å². The summed E-state index contributed by atoms with van der Waals surface area (Å²) in [7, 11) is 0. The number of nitrogens with zero attached hydrogens (tertiary/aromatic N) is 2. The first-order valence-corrected chi connectivity index (χ1v) is 3.78. The van der Waals surface area contributed by atoms with Crippen LogP contribution in [-0.4, -0.2) is 39.5 Å². The molecular weight excluding hydrogens is 190 g/mol. The van der Waals surface area contributed by atoms with E-state index >= 15 is 0 Å². The zero-order chi connectivity index (χ0) is 10.4. The number of hydrogen-bond donors (Lipinski definition) is 3. The minimum absolute atomic E-state index is 0.0926. The normalized spacial score (nSPS) is 9.50. The van der Waals surface area contributed by atoms with E-state index in [1.807, 2.05) is 0 Å². The third kappa shape index (κ3) is 3.23. The van der Waals surface area contributed by atoms with Crippen molar-refractivity contribution in [2.45, 2.75) is 0 Å². The van der Waals surface area contributed by atoms with Crippen LogP contribution in [0.5, 0.6) is 6.01 Å². The zero-order valence-electron chi connectivity index (χ0n) is 7.17. The van der Waals surface area contributed by atoms with Gasteiger partial charge in [0, 0.05) is 0 Å². The highest BCUT2D eigenvalue weighted by Gasteiger charge is 2.00. The van der Waals surface area contributed by atoms with Crippen molar-refractivity contribution in [1.29, 1.82) is 0 Å². The summed E-state index contributed by atoms with van der Waals surface area (Å²) in [5.41, 5.74) is 0.258. The van der Waals surface area contributed by atoms with Crippen molar-refractivity contribution < 1.29 is 19.7 Å². The highest BCUT2D eigenvalue weighted by Crippen LogP contribution is 2.06. The first-order chi connectivity index (χ1) is 6.72. The van der Waals surface area contributed by atoms with Crippen LogP contribution >= 0.6 is 0 Å². The summed E-state index contributed by atoms with van der Waals surface area (Å²) in [6, 6.07) is 0.0926. The SMILES string of the molecule is O=C(O)Nc1cnc(OCCO)nc1. The van der Waals surface area contributed by atoms with Crippen LogP contribution < -0.4 is 10.1 Å². The smallest absolute Gasteiger partial charge is 0.409 e. The van der Waals surface area contributed by atoms with E-state index in [1.165, 1.54) is 12.4 Å². The molecule has 76 valence electrons. The minimum atomic E-state index is -1.18. The van der Waals surface area contributed by atoms with Gasteiger partial charge in [0.05, 0.1) is 24.7 Å². The number of carbonyl (C=O) groups is 1. The average Bonchev–Trinajstić information content (AvgIpc) is 2.16. The van der Waals surface area contributed by atoms with Gasteiger partial charge in [0.1, 0.15) is 6.61 Å². The number of carboxylic acid groups (broad SMARTS) is 1. The molecule has 1 aromatic heterocycles. The summed E-state index contributed by atoms with van der Waals surface area (Å²) in [5, 5.41) is 18.9. The number of aliphatic hydroxyl groups excluding tert-OH is 1. The third-order valence-corrected chi connectivity index (χ3v) is 1.20. The van der Waals surface area contributed by atoms with Gasteiger partial charge in [-0.2, -0.15) is 0 Å². The number of ether oxygens (including phenoxy) is 1. The molecule has 7 nitrogen and oxygen atoms in total. The Hall–Kier alpha value is -1.89. The molecule has 3 N–H and O–H groups in total. The van der Waals surface area contributed by atoms with Crippen molar-refractivity contribution in [3.05, 3.63) is 12.4 Å². The predicted molar refractivity (Wildman–Crippen MR) is 46.3 cm³/mol. The van der Waals surface area contributed by atoms with Gasteiger partial charge < -0.3 is 14.9 Å². The van der Waals surface area contributed by atoms with Crippen molar-refractivity contribution in [2.24, 2.45) is 0 Å². The Morgan fingerprint density at radius 2 is 2.14 bits per heavy atom. The zero-order valence-corrected chi connectivity index (χ0v) is 7.17. The molecule has 14 heavy (non-hydrogen) atoms. The van der Waals surface area contributed by atoms with Gasteiger partial charge in [0.15, 0.2) is 0 Å². The van der Waals surface area contributed by atoms with E-state index in [1.54, 1.807) is 0 Å². The van der Waals surface area contributed by atoms with Gasteiger partial charge in [-0.1, -0.05) is 0 Å². The molecule has 0 saturated carbocycles. The number of nitrogens with one attached hydrogen (secondary N) is 1. The second-order valence-electron chi connectivity index (χ2n) is 2.26. The van der Waals surface area contributed by atoms with Crippen LogP contribution in [0.4, 0.5) is 10.5 Å². The Labute approximate surface area is 79.4 Å². The maximum atomic E-state index is 10.2. The Balaban J connectivity index is 2.54. The minimum Gasteiger partial charge on any atom is -0.465 e. The highest BCUT2D eigenvalue weighted by atomic mass is 16.5. The van der Waals surface area contributed by atoms with E-state index in [2.05, 4.69) is 15.3 Å². The van der Waals surface area contributed by atoms with Crippen LogP contribution in [0.3, 0.4) is 0 Å². The Kier molecular flexibility index (Phi) is 3.62. The monoisotopic (exact) mass is 199 g/mol. The van der Waals surface area contributed by atoms with E-state index in [-0.39, 0.29) is 24.9 Å². The molecule has 1 rings (SSSR count). The van der Waals surface area contributed by atoms with Crippen LogP contribution in [0.2, 0.25) is 0 Å². The molecule has 0 aliphatic heterocycles. The second kappa shape index (κ2) is 4.97. The number of hydrogen-bond acceptors (Lipinski definition) is 5. The molecule has 0 radical (unpaired) electrons. The third-order valence-electron chi connectivity index (χ3n) is 1.20. The van der Waals surface area contributed by atoms with Crippen molar-refractivity contribution >= 4 is 11.8 Å². The number of rotatable bonds is 4. The Bertz CT molecular complexity index is 300. The second-order valence-corrected chi connectivity index (χ2v) is 2.26. The van der Waals surface area contributed by atoms with Crippen LogP contribution in [0.25, 0.3) is 0 Å². The Morgan fingerprint density at radius 1 is 1.50 bits per heavy atom. The molecule has 0 aliphatic rings. The van der Waals surface area contributed by atoms with E-state index in [9.17, 15) is 4.79 Å². The fraction of sp³-hybridized carbons (Fsp3) is 0.286. The lowest BCUT2D eigenvalue weighted by Crippen LogP contribution is -2.09. The van der Waals surface area contributed by atoms with Gasteiger partial charge in [-0.05, 0) is 0 Å². The maximum absolute atomic E-state index is 10.2. The van der Waals surface area contributed by atoms with Crippen LogP contribution in [0.15, 0.2) is 12.4 Å². The number of anilines is 1. The van der Waals surface area contributed by atoms with Crippen molar-refractivity contribution in [3.63, 3.8) is 0 Å². The predicted octanol–water partition coefficient (Wildman–Crippen LogP) is -0.0624. The van der Waals surface area contributed by atoms with E-state index in [0.29, 0.717) is 0 Å². The van der Waals surface area contributed by atoms with Gasteiger partial charge in [0.2, 0.25) is 0 Å². The molecule has 0 fully saturated rings. The molecular formula is C7H9N3O4. The highest BCUT2D eigenvalue weighted by molar-refractivity contribution is 5.82. The summed E-state index contributed by atoms with van der Waals surface area (Å²) < 4.78 is 4.87. The van der Waals surface area contributed by atoms with E-state index in [0.717, 1.165) is 0 Å². The molecule has 1 heterocycles. The molecule has 1 amide bonds. The first-order valence-electron chi connectivity index (χ1n) is 3.78. The summed E-state index contributed by atoms with van der Waals surface area (Å²) in [5.74, 6) is 0. The molecule has 0 spiro atoms. The lowest BCUT2D eigenvalue weighted by atomic mass is 10.5. The first kappa shape index (κ1) is 10.2. The average molecular weight is 199 g/mol. The summed E-state index contributed by atoms with van der Waals surface area (Å²) >= 11 is 0. The topological polar surface area (TPSA) is 105 Å². The van der Waals surface area contributed by atoms with E-state index in [4.69, 9.17) is 14.9 Å². The molecule has 0 aromatic carbocycles. The fourth-order valence-corrected chi connectivity index (χ4v) is 0.716. The quantitative estimate of drug-likeness (QED) is 0.627. The summed E-state index contributed by atoms with van der Waals surface area (Å²) in [6.07, 6.45) is 1.36. The van der Waals surface area contributed by atoms with Crippen LogP contribution in [0, 0.1) is 0 Å². The molecule has 0 atom stereocenters. The Morgan fingerprint density at radius 3 is 2.64 bits per heavy atom. The maximum Gasteiger partial charge on any atom is 0.409 e. The van der Waals surface area contributed by atoms with Gasteiger partial charge >= 0.3 is 12.1 Å². The molecule has 0 bridgehead atoms. The summed E-state index contributed by atoms with van der Waals surface area (Å²) in [6.45, 7) is -0.0236. The van der Waals surface area contributed by atoms with Crippen molar-refractivity contribution in [3.8, 4) is 6.01 Å². The van der Waals surface area contributed by atoms with Gasteiger partial charge in [-0.15, -0.1) is 0 Å². The number of aromatic nitrogens is 2. The molecule has 7 heteroatoms. The lowest BCUT2D eigenvalue weighted by molar-refractivity contribution is 0.191. The van der Waals surface area contributed by atoms with Crippen molar-refractivity contribution in [1.82, 2.24) is 9.97 Å². The van der Waals surface area contributed by atoms with E-state index < -0.39 is 6.09 Å². The van der Waals surface area contributed by atoms with Crippen LogP contribution in [-0.2, 0) is 0 Å². The van der Waals surface area contributed by atoms with Crippen molar-refractivity contribution in [2.75, 3.05) is 18.5 Å². The summed E-state index contributed by atoms with van der Waals surface area (Å²) in [4.78, 5) is 17.6.